The summed E-state index contributed by atoms with van der Waals surface area (Å²) < 4.78 is 0. The number of nitrogens with two attached hydrogens (primary N) is 1. The van der Waals surface area contributed by atoms with E-state index in [9.17, 15) is 0 Å². The number of rotatable bonds is 3. The first kappa shape index (κ1) is 11.3. The smallest absolute Gasteiger partial charge is 0.0456 e. The molecule has 78 valence electrons. The van der Waals surface area contributed by atoms with E-state index in [4.69, 9.17) is 5.73 Å². The van der Waals surface area contributed by atoms with E-state index in [1.165, 1.54) is 5.56 Å². The zero-order valence-corrected chi connectivity index (χ0v) is 9.62. The van der Waals surface area contributed by atoms with E-state index in [0.29, 0.717) is 11.8 Å². The van der Waals surface area contributed by atoms with E-state index in [-0.39, 0.29) is 5.54 Å². The van der Waals surface area contributed by atoms with Crippen LogP contribution in [0.2, 0.25) is 0 Å². The second-order valence-electron chi connectivity index (χ2n) is 4.61. The van der Waals surface area contributed by atoms with E-state index in [0.717, 1.165) is 0 Å². The lowest BCUT2D eigenvalue weighted by Crippen LogP contribution is -2.46. The first-order valence-electron chi connectivity index (χ1n) is 5.34. The molecule has 2 N–H and O–H groups in total. The van der Waals surface area contributed by atoms with Crippen molar-refractivity contribution in [3.63, 3.8) is 0 Å². The van der Waals surface area contributed by atoms with Gasteiger partial charge >= 0.3 is 0 Å². The third kappa shape index (κ3) is 1.83. The zero-order chi connectivity index (χ0) is 10.8. The van der Waals surface area contributed by atoms with Gasteiger partial charge in [-0.3, -0.25) is 0 Å². The minimum atomic E-state index is -0.207. The van der Waals surface area contributed by atoms with Crippen molar-refractivity contribution >= 4 is 0 Å². The molecule has 1 aromatic carbocycles. The molecule has 0 heterocycles. The molecule has 0 unspecified atom stereocenters. The molecule has 1 aromatic rings. The van der Waals surface area contributed by atoms with Gasteiger partial charge < -0.3 is 5.73 Å². The van der Waals surface area contributed by atoms with Gasteiger partial charge in [-0.25, -0.2) is 0 Å². The van der Waals surface area contributed by atoms with Gasteiger partial charge in [0.2, 0.25) is 0 Å². The normalized spacial score (nSPS) is 12.5. The summed E-state index contributed by atoms with van der Waals surface area (Å²) in [4.78, 5) is 0. The summed E-state index contributed by atoms with van der Waals surface area (Å²) in [6, 6.07) is 10.4. The third-order valence-electron chi connectivity index (χ3n) is 3.18. The number of benzene rings is 1. The molecule has 0 fully saturated rings. The summed E-state index contributed by atoms with van der Waals surface area (Å²) in [5, 5.41) is 0. The molecular weight excluding hydrogens is 170 g/mol. The van der Waals surface area contributed by atoms with Crippen LogP contribution in [0, 0.1) is 11.8 Å². The van der Waals surface area contributed by atoms with E-state index in [1.807, 2.05) is 6.07 Å². The number of hydrogen-bond acceptors (Lipinski definition) is 1. The fourth-order valence-electron chi connectivity index (χ4n) is 2.06. The Balaban J connectivity index is 3.13. The molecule has 0 amide bonds. The van der Waals surface area contributed by atoms with Gasteiger partial charge in [-0.1, -0.05) is 58.0 Å². The van der Waals surface area contributed by atoms with Gasteiger partial charge in [-0.15, -0.1) is 0 Å². The Morgan fingerprint density at radius 1 is 0.929 bits per heavy atom. The molecule has 0 saturated carbocycles. The van der Waals surface area contributed by atoms with Crippen molar-refractivity contribution in [2.45, 2.75) is 33.2 Å². The minimum Gasteiger partial charge on any atom is -0.321 e. The molecule has 0 spiro atoms. The van der Waals surface area contributed by atoms with Crippen LogP contribution in [0.1, 0.15) is 33.3 Å². The fraction of sp³-hybridized carbons (Fsp3) is 0.538. The average Bonchev–Trinajstić information content (AvgIpc) is 2.17. The zero-order valence-electron chi connectivity index (χ0n) is 9.62. The maximum atomic E-state index is 6.50. The van der Waals surface area contributed by atoms with Crippen molar-refractivity contribution in [3.05, 3.63) is 35.9 Å². The molecule has 0 aliphatic carbocycles. The molecule has 0 saturated heterocycles. The highest BCUT2D eigenvalue weighted by Crippen LogP contribution is 2.33. The van der Waals surface area contributed by atoms with Crippen LogP contribution in [-0.2, 0) is 5.54 Å². The van der Waals surface area contributed by atoms with Crippen LogP contribution >= 0.6 is 0 Å². The summed E-state index contributed by atoms with van der Waals surface area (Å²) in [7, 11) is 0. The molecule has 1 nitrogen and oxygen atoms in total. The third-order valence-corrected chi connectivity index (χ3v) is 3.18. The molecule has 0 bridgehead atoms. The molecular formula is C13H21N. The van der Waals surface area contributed by atoms with Gasteiger partial charge in [-0.2, -0.15) is 0 Å². The molecule has 1 rings (SSSR count). The Kier molecular flexibility index (Phi) is 3.33. The van der Waals surface area contributed by atoms with Crippen molar-refractivity contribution in [2.24, 2.45) is 17.6 Å². The predicted molar refractivity (Wildman–Crippen MR) is 62.0 cm³/mol. The maximum absolute atomic E-state index is 6.50. The van der Waals surface area contributed by atoms with Crippen molar-refractivity contribution in [1.29, 1.82) is 0 Å². The molecule has 0 atom stereocenters. The highest BCUT2D eigenvalue weighted by Gasteiger charge is 2.34. The number of hydrogen-bond donors (Lipinski definition) is 1. The van der Waals surface area contributed by atoms with Crippen molar-refractivity contribution in [2.75, 3.05) is 0 Å². The molecule has 0 radical (unpaired) electrons. The molecule has 14 heavy (non-hydrogen) atoms. The quantitative estimate of drug-likeness (QED) is 0.780. The minimum absolute atomic E-state index is 0.207. The van der Waals surface area contributed by atoms with Crippen LogP contribution in [0.15, 0.2) is 30.3 Å². The maximum Gasteiger partial charge on any atom is 0.0456 e. The Morgan fingerprint density at radius 2 is 1.36 bits per heavy atom. The standard InChI is InChI=1S/C13H21N/c1-10(2)13(14,11(3)4)12-8-6-5-7-9-12/h5-11H,14H2,1-4H3. The van der Waals surface area contributed by atoms with Gasteiger partial charge in [0.1, 0.15) is 0 Å². The Labute approximate surface area is 87.3 Å². The van der Waals surface area contributed by atoms with Crippen LogP contribution < -0.4 is 5.73 Å². The van der Waals surface area contributed by atoms with Crippen molar-refractivity contribution in [3.8, 4) is 0 Å². The predicted octanol–water partition coefficient (Wildman–Crippen LogP) is 3.15. The van der Waals surface area contributed by atoms with E-state index in [2.05, 4.69) is 52.0 Å². The van der Waals surface area contributed by atoms with Crippen LogP contribution in [0.4, 0.5) is 0 Å². The second-order valence-corrected chi connectivity index (χ2v) is 4.61. The summed E-state index contributed by atoms with van der Waals surface area (Å²) >= 11 is 0. The topological polar surface area (TPSA) is 26.0 Å². The van der Waals surface area contributed by atoms with Gasteiger partial charge in [0, 0.05) is 5.54 Å². The Hall–Kier alpha value is -0.820. The first-order valence-corrected chi connectivity index (χ1v) is 5.34. The largest absolute Gasteiger partial charge is 0.321 e. The van der Waals surface area contributed by atoms with E-state index >= 15 is 0 Å². The second kappa shape index (κ2) is 4.14. The van der Waals surface area contributed by atoms with Gasteiger partial charge in [0.25, 0.3) is 0 Å². The summed E-state index contributed by atoms with van der Waals surface area (Å²) in [5.41, 5.74) is 7.54. The van der Waals surface area contributed by atoms with Crippen molar-refractivity contribution in [1.82, 2.24) is 0 Å². The van der Waals surface area contributed by atoms with Gasteiger partial charge in [0.15, 0.2) is 0 Å². The van der Waals surface area contributed by atoms with Crippen LogP contribution in [0.3, 0.4) is 0 Å². The SMILES string of the molecule is CC(C)C(N)(c1ccccc1)C(C)C. The molecule has 0 aromatic heterocycles. The van der Waals surface area contributed by atoms with E-state index < -0.39 is 0 Å². The average molecular weight is 191 g/mol. The van der Waals surface area contributed by atoms with Crippen molar-refractivity contribution < 1.29 is 0 Å². The van der Waals surface area contributed by atoms with Crippen LogP contribution in [0.25, 0.3) is 0 Å². The van der Waals surface area contributed by atoms with Gasteiger partial charge in [0.05, 0.1) is 0 Å². The van der Waals surface area contributed by atoms with Crippen LogP contribution in [0.5, 0.6) is 0 Å². The lowest BCUT2D eigenvalue weighted by atomic mass is 9.73. The molecule has 1 heteroatoms. The lowest BCUT2D eigenvalue weighted by molar-refractivity contribution is 0.227. The lowest BCUT2D eigenvalue weighted by Gasteiger charge is -2.38. The monoisotopic (exact) mass is 191 g/mol. The first-order chi connectivity index (χ1) is 6.49. The highest BCUT2D eigenvalue weighted by atomic mass is 14.8. The molecule has 0 aliphatic heterocycles. The summed E-state index contributed by atoms with van der Waals surface area (Å²) in [6.45, 7) is 8.75. The fourth-order valence-corrected chi connectivity index (χ4v) is 2.06. The summed E-state index contributed by atoms with van der Waals surface area (Å²) in [6.07, 6.45) is 0. The summed E-state index contributed by atoms with van der Waals surface area (Å²) in [5.74, 6) is 0.898. The van der Waals surface area contributed by atoms with E-state index in [1.54, 1.807) is 0 Å². The highest BCUT2D eigenvalue weighted by molar-refractivity contribution is 5.25. The van der Waals surface area contributed by atoms with Crippen LogP contribution in [-0.4, -0.2) is 0 Å². The Morgan fingerprint density at radius 3 is 1.71 bits per heavy atom. The molecule has 0 aliphatic rings. The Bertz CT molecular complexity index is 267. The van der Waals surface area contributed by atoms with Gasteiger partial charge in [-0.05, 0) is 17.4 Å².